The molecule has 0 saturated carbocycles. The van der Waals surface area contributed by atoms with Gasteiger partial charge in [-0.3, -0.25) is 4.79 Å². The van der Waals surface area contributed by atoms with Gasteiger partial charge in [-0.1, -0.05) is 17.7 Å². The molecule has 0 unspecified atom stereocenters. The van der Waals surface area contributed by atoms with Gasteiger partial charge in [0.25, 0.3) is 11.7 Å². The Hall–Kier alpha value is -2.17. The lowest BCUT2D eigenvalue weighted by Gasteiger charge is -2.03. The molecule has 0 spiro atoms. The number of carbonyl (C=O) groups is 1. The largest absolute Gasteiger partial charge is 0.485 e. The van der Waals surface area contributed by atoms with Gasteiger partial charge in [0.2, 0.25) is 5.89 Å². The summed E-state index contributed by atoms with van der Waals surface area (Å²) in [5, 5.41) is 7.21. The lowest BCUT2D eigenvalue weighted by Crippen LogP contribution is -2.11. The van der Waals surface area contributed by atoms with Crippen molar-refractivity contribution in [2.45, 2.75) is 13.8 Å². The molecule has 0 bridgehead atoms. The molecule has 2 rings (SSSR count). The van der Waals surface area contributed by atoms with Gasteiger partial charge < -0.3 is 9.15 Å². The Labute approximate surface area is 98.4 Å². The second-order valence-corrected chi connectivity index (χ2v) is 3.65. The number of hydrogen-bond acceptors (Lipinski definition) is 5. The summed E-state index contributed by atoms with van der Waals surface area (Å²) < 4.78 is 10.3. The van der Waals surface area contributed by atoms with E-state index in [0.29, 0.717) is 11.6 Å². The first-order valence-corrected chi connectivity index (χ1v) is 5.18. The van der Waals surface area contributed by atoms with E-state index in [1.807, 2.05) is 31.2 Å². The summed E-state index contributed by atoms with van der Waals surface area (Å²) in [6.45, 7) is 3.51. The van der Waals surface area contributed by atoms with Crippen LogP contribution in [0.1, 0.15) is 22.1 Å². The number of benzene rings is 1. The van der Waals surface area contributed by atoms with E-state index in [4.69, 9.17) is 9.15 Å². The predicted molar refractivity (Wildman–Crippen MR) is 60.0 cm³/mol. The van der Waals surface area contributed by atoms with E-state index in [0.717, 1.165) is 5.56 Å². The van der Waals surface area contributed by atoms with Crippen molar-refractivity contribution in [3.63, 3.8) is 0 Å². The molecule has 0 atom stereocenters. The second kappa shape index (κ2) is 4.78. The molecule has 0 N–H and O–H groups in total. The van der Waals surface area contributed by atoms with Crippen LogP contribution in [0.3, 0.4) is 0 Å². The van der Waals surface area contributed by atoms with Crippen molar-refractivity contribution in [2.75, 3.05) is 6.61 Å². The zero-order valence-electron chi connectivity index (χ0n) is 9.64. The molecule has 1 heterocycles. The molecule has 0 aliphatic heterocycles. The number of Topliss-reactive ketones (excluding diaryl/α,β-unsaturated/α-hetero) is 1. The van der Waals surface area contributed by atoms with E-state index in [9.17, 15) is 4.79 Å². The second-order valence-electron chi connectivity index (χ2n) is 3.65. The minimum absolute atomic E-state index is 0.0189. The number of nitrogens with zero attached hydrogens (tertiary/aromatic N) is 2. The summed E-state index contributed by atoms with van der Waals surface area (Å²) in [6.07, 6.45) is 0. The van der Waals surface area contributed by atoms with Gasteiger partial charge in [0.05, 0.1) is 0 Å². The first-order valence-electron chi connectivity index (χ1n) is 5.18. The van der Waals surface area contributed by atoms with E-state index in [1.54, 1.807) is 6.92 Å². The highest BCUT2D eigenvalue weighted by Gasteiger charge is 2.13. The highest BCUT2D eigenvalue weighted by molar-refractivity contribution is 5.92. The fourth-order valence-corrected chi connectivity index (χ4v) is 1.25. The monoisotopic (exact) mass is 232 g/mol. The normalized spacial score (nSPS) is 10.2. The van der Waals surface area contributed by atoms with E-state index in [1.165, 1.54) is 0 Å². The van der Waals surface area contributed by atoms with Gasteiger partial charge in [-0.05, 0) is 19.1 Å². The van der Waals surface area contributed by atoms with Crippen molar-refractivity contribution < 1.29 is 13.9 Å². The average Bonchev–Trinajstić information content (AvgIpc) is 2.75. The number of aromatic nitrogens is 2. The molecule has 88 valence electrons. The van der Waals surface area contributed by atoms with Gasteiger partial charge in [0.1, 0.15) is 5.75 Å². The lowest BCUT2D eigenvalue weighted by molar-refractivity contribution is 0.0885. The molecule has 1 aromatic carbocycles. The van der Waals surface area contributed by atoms with Gasteiger partial charge in [-0.15, -0.1) is 10.2 Å². The summed E-state index contributed by atoms with van der Waals surface area (Å²) in [5.41, 5.74) is 1.14. The Morgan fingerprint density at radius 3 is 2.53 bits per heavy atom. The van der Waals surface area contributed by atoms with Crippen molar-refractivity contribution in [1.82, 2.24) is 10.2 Å². The number of ketones is 1. The predicted octanol–water partition coefficient (Wildman–Crippen LogP) is 1.95. The van der Waals surface area contributed by atoms with Crippen LogP contribution in [0.2, 0.25) is 0 Å². The number of hydrogen-bond donors (Lipinski definition) is 0. The third kappa shape index (κ3) is 2.90. The Kier molecular flexibility index (Phi) is 3.18. The molecule has 17 heavy (non-hydrogen) atoms. The van der Waals surface area contributed by atoms with Crippen LogP contribution in [0.5, 0.6) is 5.75 Å². The Balaban J connectivity index is 1.94. The molecular formula is C12H12N2O3. The Morgan fingerprint density at radius 2 is 1.94 bits per heavy atom. The molecule has 0 radical (unpaired) electrons. The Morgan fingerprint density at radius 1 is 1.24 bits per heavy atom. The number of aryl methyl sites for hydroxylation is 2. The standard InChI is InChI=1S/C12H12N2O3/c1-8-3-5-10(6-4-8)16-7-11(15)12-14-13-9(2)17-12/h3-6H,7H2,1-2H3. The molecule has 0 fully saturated rings. The van der Waals surface area contributed by atoms with Gasteiger partial charge in [-0.2, -0.15) is 0 Å². The fraction of sp³-hybridized carbons (Fsp3) is 0.250. The van der Waals surface area contributed by atoms with E-state index in [-0.39, 0.29) is 18.3 Å². The molecular weight excluding hydrogens is 220 g/mol. The van der Waals surface area contributed by atoms with Gasteiger partial charge in [0.15, 0.2) is 6.61 Å². The van der Waals surface area contributed by atoms with Crippen LogP contribution >= 0.6 is 0 Å². The Bertz CT molecular complexity index is 517. The minimum atomic E-state index is -0.328. The molecule has 0 saturated heterocycles. The zero-order chi connectivity index (χ0) is 12.3. The van der Waals surface area contributed by atoms with E-state index < -0.39 is 0 Å². The van der Waals surface area contributed by atoms with Crippen LogP contribution in [-0.2, 0) is 0 Å². The zero-order valence-corrected chi connectivity index (χ0v) is 9.64. The van der Waals surface area contributed by atoms with Crippen molar-refractivity contribution >= 4 is 5.78 Å². The minimum Gasteiger partial charge on any atom is -0.485 e. The third-order valence-corrected chi connectivity index (χ3v) is 2.16. The van der Waals surface area contributed by atoms with Gasteiger partial charge >= 0.3 is 0 Å². The van der Waals surface area contributed by atoms with Crippen LogP contribution < -0.4 is 4.74 Å². The quantitative estimate of drug-likeness (QED) is 0.754. The smallest absolute Gasteiger partial charge is 0.287 e. The van der Waals surface area contributed by atoms with Crippen LogP contribution in [0, 0.1) is 13.8 Å². The maximum atomic E-state index is 11.6. The fourth-order valence-electron chi connectivity index (χ4n) is 1.25. The van der Waals surface area contributed by atoms with Crippen molar-refractivity contribution in [3.05, 3.63) is 41.6 Å². The summed E-state index contributed by atoms with van der Waals surface area (Å²) in [7, 11) is 0. The topological polar surface area (TPSA) is 65.2 Å². The molecule has 5 heteroatoms. The van der Waals surface area contributed by atoms with Crippen molar-refractivity contribution in [3.8, 4) is 5.75 Å². The summed E-state index contributed by atoms with van der Waals surface area (Å²) >= 11 is 0. The summed E-state index contributed by atoms with van der Waals surface area (Å²) in [4.78, 5) is 11.6. The van der Waals surface area contributed by atoms with Crippen molar-refractivity contribution in [1.29, 1.82) is 0 Å². The number of carbonyl (C=O) groups excluding carboxylic acids is 1. The number of ether oxygens (including phenoxy) is 1. The van der Waals surface area contributed by atoms with Gasteiger partial charge in [-0.25, -0.2) is 0 Å². The summed E-state index contributed by atoms with van der Waals surface area (Å²) in [6, 6.07) is 7.44. The van der Waals surface area contributed by atoms with Crippen molar-refractivity contribution in [2.24, 2.45) is 0 Å². The molecule has 2 aromatic rings. The lowest BCUT2D eigenvalue weighted by atomic mass is 10.2. The first kappa shape index (κ1) is 11.3. The van der Waals surface area contributed by atoms with Crippen LogP contribution in [-0.4, -0.2) is 22.6 Å². The average molecular weight is 232 g/mol. The van der Waals surface area contributed by atoms with E-state index in [2.05, 4.69) is 10.2 Å². The maximum Gasteiger partial charge on any atom is 0.287 e. The maximum absolute atomic E-state index is 11.6. The van der Waals surface area contributed by atoms with Gasteiger partial charge in [0, 0.05) is 6.92 Å². The molecule has 1 aromatic heterocycles. The molecule has 0 amide bonds. The third-order valence-electron chi connectivity index (χ3n) is 2.16. The highest BCUT2D eigenvalue weighted by Crippen LogP contribution is 2.11. The first-order chi connectivity index (χ1) is 8.15. The summed E-state index contributed by atoms with van der Waals surface area (Å²) in [5.74, 6) is 0.657. The highest BCUT2D eigenvalue weighted by atomic mass is 16.5. The van der Waals surface area contributed by atoms with Crippen LogP contribution in [0.25, 0.3) is 0 Å². The number of rotatable bonds is 4. The molecule has 0 aliphatic rings. The SMILES string of the molecule is Cc1ccc(OCC(=O)c2nnc(C)o2)cc1. The molecule has 5 nitrogen and oxygen atoms in total. The molecule has 0 aliphatic carbocycles. The van der Waals surface area contributed by atoms with Crippen LogP contribution in [0.4, 0.5) is 0 Å². The van der Waals surface area contributed by atoms with E-state index >= 15 is 0 Å². The van der Waals surface area contributed by atoms with Crippen LogP contribution in [0.15, 0.2) is 28.7 Å².